The van der Waals surface area contributed by atoms with Gasteiger partial charge < -0.3 is 10.0 Å². The monoisotopic (exact) mass is 286 g/mol. The number of anilines is 1. The molecule has 0 saturated heterocycles. The number of aryl methyl sites for hydroxylation is 1. The molecule has 88 valence electrons. The summed E-state index contributed by atoms with van der Waals surface area (Å²) in [5.74, 6) is -0.412. The molecular formula is C11H15BrN2O2. The Hall–Kier alpha value is -1.10. The maximum atomic E-state index is 10.7. The number of rotatable bonds is 4. The quantitative estimate of drug-likeness (QED) is 0.923. The Labute approximate surface area is 103 Å². The number of pyridine rings is 1. The summed E-state index contributed by atoms with van der Waals surface area (Å²) in [6.07, 6.45) is 1.73. The molecule has 0 aliphatic carbocycles. The van der Waals surface area contributed by atoms with E-state index < -0.39 is 11.9 Å². The van der Waals surface area contributed by atoms with Gasteiger partial charge in [-0.05, 0) is 34.5 Å². The Morgan fingerprint density at radius 3 is 2.81 bits per heavy atom. The Bertz CT molecular complexity index is 396. The number of carboxylic acids is 1. The van der Waals surface area contributed by atoms with Gasteiger partial charge in [-0.1, -0.05) is 6.92 Å². The predicted molar refractivity (Wildman–Crippen MR) is 66.7 cm³/mol. The first-order chi connectivity index (χ1) is 7.41. The van der Waals surface area contributed by atoms with Crippen molar-refractivity contribution in [1.82, 2.24) is 4.98 Å². The van der Waals surface area contributed by atoms with Crippen molar-refractivity contribution in [1.29, 1.82) is 0 Å². The van der Waals surface area contributed by atoms with Crippen LogP contribution in [0.4, 0.5) is 5.82 Å². The molecule has 1 aromatic heterocycles. The molecule has 16 heavy (non-hydrogen) atoms. The molecular weight excluding hydrogens is 272 g/mol. The summed E-state index contributed by atoms with van der Waals surface area (Å²) in [5.41, 5.74) is 1.08. The van der Waals surface area contributed by atoms with Crippen LogP contribution in [-0.2, 0) is 4.79 Å². The van der Waals surface area contributed by atoms with Gasteiger partial charge in [-0.15, -0.1) is 0 Å². The molecule has 1 aromatic rings. The van der Waals surface area contributed by atoms with E-state index in [2.05, 4.69) is 20.9 Å². The van der Waals surface area contributed by atoms with E-state index in [1.165, 1.54) is 0 Å². The molecule has 0 spiro atoms. The van der Waals surface area contributed by atoms with Gasteiger partial charge in [-0.3, -0.25) is 4.79 Å². The normalized spacial score (nSPS) is 12.2. The second-order valence-corrected chi connectivity index (χ2v) is 4.77. The predicted octanol–water partition coefficient (Wildman–Crippen LogP) is 2.31. The molecule has 1 unspecified atom stereocenters. The molecule has 5 heteroatoms. The van der Waals surface area contributed by atoms with Crippen molar-refractivity contribution in [2.45, 2.75) is 13.8 Å². The van der Waals surface area contributed by atoms with E-state index in [9.17, 15) is 4.79 Å². The third-order valence-electron chi connectivity index (χ3n) is 2.39. The highest BCUT2D eigenvalue weighted by molar-refractivity contribution is 9.10. The summed E-state index contributed by atoms with van der Waals surface area (Å²) < 4.78 is 0.955. The van der Waals surface area contributed by atoms with E-state index in [-0.39, 0.29) is 0 Å². The van der Waals surface area contributed by atoms with E-state index in [1.807, 2.05) is 24.9 Å². The van der Waals surface area contributed by atoms with Gasteiger partial charge in [-0.25, -0.2) is 4.98 Å². The summed E-state index contributed by atoms with van der Waals surface area (Å²) in [5, 5.41) is 8.82. The van der Waals surface area contributed by atoms with Crippen LogP contribution in [0, 0.1) is 12.8 Å². The van der Waals surface area contributed by atoms with Gasteiger partial charge in [0.05, 0.1) is 5.92 Å². The highest BCUT2D eigenvalue weighted by atomic mass is 79.9. The maximum Gasteiger partial charge on any atom is 0.308 e. The number of carboxylic acid groups (broad SMARTS) is 1. The van der Waals surface area contributed by atoms with E-state index in [0.29, 0.717) is 6.54 Å². The Balaban J connectivity index is 2.76. The zero-order valence-electron chi connectivity index (χ0n) is 9.57. The Morgan fingerprint density at radius 1 is 1.69 bits per heavy atom. The minimum absolute atomic E-state index is 0.407. The van der Waals surface area contributed by atoms with Gasteiger partial charge in [0, 0.05) is 24.3 Å². The van der Waals surface area contributed by atoms with E-state index in [4.69, 9.17) is 5.11 Å². The summed E-state index contributed by atoms with van der Waals surface area (Å²) in [6.45, 7) is 4.11. The van der Waals surface area contributed by atoms with Crippen LogP contribution < -0.4 is 4.90 Å². The maximum absolute atomic E-state index is 10.7. The lowest BCUT2D eigenvalue weighted by Crippen LogP contribution is -2.29. The summed E-state index contributed by atoms with van der Waals surface area (Å²) >= 11 is 3.38. The molecule has 0 saturated carbocycles. The lowest BCUT2D eigenvalue weighted by atomic mass is 10.2. The molecule has 0 aromatic carbocycles. The van der Waals surface area contributed by atoms with Crippen molar-refractivity contribution in [3.05, 3.63) is 22.3 Å². The molecule has 4 nitrogen and oxygen atoms in total. The van der Waals surface area contributed by atoms with E-state index in [1.54, 1.807) is 13.1 Å². The zero-order valence-corrected chi connectivity index (χ0v) is 11.2. The van der Waals surface area contributed by atoms with Crippen molar-refractivity contribution in [3.8, 4) is 0 Å². The lowest BCUT2D eigenvalue weighted by molar-refractivity contribution is -0.140. The second kappa shape index (κ2) is 5.30. The van der Waals surface area contributed by atoms with Crippen LogP contribution in [0.3, 0.4) is 0 Å². The average molecular weight is 287 g/mol. The highest BCUT2D eigenvalue weighted by Crippen LogP contribution is 2.19. The third kappa shape index (κ3) is 3.20. The number of aromatic nitrogens is 1. The third-order valence-corrected chi connectivity index (χ3v) is 3.22. The molecule has 0 amide bonds. The fourth-order valence-electron chi connectivity index (χ4n) is 1.32. The topological polar surface area (TPSA) is 53.4 Å². The van der Waals surface area contributed by atoms with Crippen LogP contribution in [0.25, 0.3) is 0 Å². The molecule has 1 rings (SSSR count). The van der Waals surface area contributed by atoms with Crippen LogP contribution in [0.1, 0.15) is 12.5 Å². The Kier molecular flexibility index (Phi) is 4.29. The molecule has 0 bridgehead atoms. The lowest BCUT2D eigenvalue weighted by Gasteiger charge is -2.20. The molecule has 0 aliphatic rings. The van der Waals surface area contributed by atoms with Crippen molar-refractivity contribution in [2.75, 3.05) is 18.5 Å². The smallest absolute Gasteiger partial charge is 0.308 e. The zero-order chi connectivity index (χ0) is 12.3. The minimum atomic E-state index is -0.791. The van der Waals surface area contributed by atoms with Crippen molar-refractivity contribution < 1.29 is 9.90 Å². The SMILES string of the molecule is Cc1cc(N(C)CC(C)C(=O)O)ncc1Br. The van der Waals surface area contributed by atoms with E-state index in [0.717, 1.165) is 15.9 Å². The molecule has 1 N–H and O–H groups in total. The van der Waals surface area contributed by atoms with Crippen LogP contribution in [0.15, 0.2) is 16.7 Å². The fraction of sp³-hybridized carbons (Fsp3) is 0.455. The fourth-order valence-corrected chi connectivity index (χ4v) is 1.53. The van der Waals surface area contributed by atoms with Crippen molar-refractivity contribution in [3.63, 3.8) is 0 Å². The molecule has 0 aliphatic heterocycles. The number of hydrogen-bond acceptors (Lipinski definition) is 3. The van der Waals surface area contributed by atoms with Gasteiger partial charge in [0.25, 0.3) is 0 Å². The van der Waals surface area contributed by atoms with Gasteiger partial charge in [-0.2, -0.15) is 0 Å². The van der Waals surface area contributed by atoms with Crippen LogP contribution in [0.2, 0.25) is 0 Å². The van der Waals surface area contributed by atoms with Crippen LogP contribution in [-0.4, -0.2) is 29.7 Å². The Morgan fingerprint density at radius 2 is 2.31 bits per heavy atom. The first-order valence-corrected chi connectivity index (χ1v) is 5.77. The first-order valence-electron chi connectivity index (χ1n) is 4.98. The van der Waals surface area contributed by atoms with Gasteiger partial charge in [0.2, 0.25) is 0 Å². The number of nitrogens with zero attached hydrogens (tertiary/aromatic N) is 2. The summed E-state index contributed by atoms with van der Waals surface area (Å²) in [4.78, 5) is 16.8. The second-order valence-electron chi connectivity index (χ2n) is 3.91. The summed E-state index contributed by atoms with van der Waals surface area (Å²) in [7, 11) is 1.84. The number of hydrogen-bond donors (Lipinski definition) is 1. The van der Waals surface area contributed by atoms with Crippen molar-refractivity contribution in [2.24, 2.45) is 5.92 Å². The molecule has 1 heterocycles. The average Bonchev–Trinajstić information content (AvgIpc) is 2.21. The van der Waals surface area contributed by atoms with Gasteiger partial charge in [0.15, 0.2) is 0 Å². The molecule has 1 atom stereocenters. The van der Waals surface area contributed by atoms with Gasteiger partial charge in [0.1, 0.15) is 5.82 Å². The first kappa shape index (κ1) is 13.0. The number of carbonyl (C=O) groups is 1. The highest BCUT2D eigenvalue weighted by Gasteiger charge is 2.14. The van der Waals surface area contributed by atoms with E-state index >= 15 is 0 Å². The molecule has 0 fully saturated rings. The number of halogens is 1. The molecule has 0 radical (unpaired) electrons. The van der Waals surface area contributed by atoms with Crippen LogP contribution in [0.5, 0.6) is 0 Å². The largest absolute Gasteiger partial charge is 0.481 e. The standard InChI is InChI=1S/C11H15BrN2O2/c1-7-4-10(13-5-9(7)12)14(3)6-8(2)11(15)16/h4-5,8H,6H2,1-3H3,(H,15,16). The minimum Gasteiger partial charge on any atom is -0.481 e. The van der Waals surface area contributed by atoms with Gasteiger partial charge >= 0.3 is 5.97 Å². The summed E-state index contributed by atoms with van der Waals surface area (Å²) in [6, 6.07) is 1.93. The van der Waals surface area contributed by atoms with Crippen LogP contribution >= 0.6 is 15.9 Å². The van der Waals surface area contributed by atoms with Crippen molar-refractivity contribution >= 4 is 27.7 Å². The number of aliphatic carboxylic acids is 1.